The van der Waals surface area contributed by atoms with Gasteiger partial charge in [0.25, 0.3) is 0 Å². The van der Waals surface area contributed by atoms with E-state index in [4.69, 9.17) is 0 Å². The van der Waals surface area contributed by atoms with Crippen LogP contribution < -0.4 is 5.32 Å². The van der Waals surface area contributed by atoms with Gasteiger partial charge in [-0.1, -0.05) is 6.42 Å². The Morgan fingerprint density at radius 2 is 1.60 bits per heavy atom. The summed E-state index contributed by atoms with van der Waals surface area (Å²) < 4.78 is 0. The zero-order chi connectivity index (χ0) is 16.1. The molecule has 0 aromatic heterocycles. The average molecular weight is 391 g/mol. The number of hydrogen-bond donors (Lipinski definition) is 1. The molecule has 1 aliphatic carbocycles. The Morgan fingerprint density at radius 3 is 2.16 bits per heavy atom. The number of amides is 1. The Labute approximate surface area is 164 Å². The second kappa shape index (κ2) is 10.6. The van der Waals surface area contributed by atoms with E-state index in [1.165, 1.54) is 45.2 Å². The summed E-state index contributed by atoms with van der Waals surface area (Å²) in [6, 6.07) is 3.06. The standard InChI is InChI=1S/C18H30N4O.2ClH/c19-15-18(8-2-3-9-18)20-17(23)14-21-12-6-16(7-13-21)22-10-4-1-5-11-22;;/h16H,1-14H2,(H,20,23);2*1H. The number of hydrogen-bond acceptors (Lipinski definition) is 4. The van der Waals surface area contributed by atoms with Crippen LogP contribution in [0.15, 0.2) is 0 Å². The van der Waals surface area contributed by atoms with Crippen LogP contribution in [0.4, 0.5) is 0 Å². The maximum Gasteiger partial charge on any atom is 0.235 e. The van der Waals surface area contributed by atoms with Crippen molar-refractivity contribution >= 4 is 30.7 Å². The predicted molar refractivity (Wildman–Crippen MR) is 104 cm³/mol. The first kappa shape index (κ1) is 22.5. The van der Waals surface area contributed by atoms with Gasteiger partial charge in [0, 0.05) is 19.1 Å². The van der Waals surface area contributed by atoms with Crippen LogP contribution in [0.25, 0.3) is 0 Å². The van der Waals surface area contributed by atoms with Gasteiger partial charge in [0.2, 0.25) is 5.91 Å². The molecule has 3 rings (SSSR count). The van der Waals surface area contributed by atoms with Gasteiger partial charge in [-0.15, -0.1) is 24.8 Å². The summed E-state index contributed by atoms with van der Waals surface area (Å²) in [5.41, 5.74) is -0.580. The lowest BCUT2D eigenvalue weighted by Gasteiger charge is -2.40. The molecule has 3 fully saturated rings. The number of nitriles is 1. The maximum absolute atomic E-state index is 12.3. The minimum atomic E-state index is -0.580. The van der Waals surface area contributed by atoms with E-state index in [1.54, 1.807) is 0 Å². The molecule has 1 saturated carbocycles. The van der Waals surface area contributed by atoms with Gasteiger partial charge in [-0.05, 0) is 64.5 Å². The van der Waals surface area contributed by atoms with Crippen molar-refractivity contribution in [1.29, 1.82) is 5.26 Å². The second-order valence-corrected chi connectivity index (χ2v) is 7.55. The van der Waals surface area contributed by atoms with Gasteiger partial charge < -0.3 is 10.2 Å². The van der Waals surface area contributed by atoms with Crippen molar-refractivity contribution in [2.75, 3.05) is 32.7 Å². The highest BCUT2D eigenvalue weighted by atomic mass is 35.5. The Morgan fingerprint density at radius 1 is 1.00 bits per heavy atom. The van der Waals surface area contributed by atoms with E-state index in [0.717, 1.165) is 44.8 Å². The Bertz CT molecular complexity index is 448. The third-order valence-corrected chi connectivity index (χ3v) is 5.88. The quantitative estimate of drug-likeness (QED) is 0.801. The molecule has 0 bridgehead atoms. The number of nitrogens with zero attached hydrogens (tertiary/aromatic N) is 3. The number of piperidine rings is 2. The molecule has 0 atom stereocenters. The summed E-state index contributed by atoms with van der Waals surface area (Å²) in [6.45, 7) is 4.99. The van der Waals surface area contributed by atoms with Crippen molar-refractivity contribution in [3.8, 4) is 6.07 Å². The molecule has 0 unspecified atom stereocenters. The van der Waals surface area contributed by atoms with Crippen molar-refractivity contribution in [2.24, 2.45) is 0 Å². The Hall–Kier alpha value is -0.540. The molecule has 0 aromatic rings. The average Bonchev–Trinajstić information content (AvgIpc) is 3.05. The van der Waals surface area contributed by atoms with Crippen molar-refractivity contribution in [3.63, 3.8) is 0 Å². The normalized spacial score (nSPS) is 24.6. The molecule has 7 heteroatoms. The van der Waals surface area contributed by atoms with Crippen LogP contribution in [0, 0.1) is 11.3 Å². The number of carbonyl (C=O) groups excluding carboxylic acids is 1. The fourth-order valence-electron chi connectivity index (χ4n) is 4.48. The molecule has 25 heavy (non-hydrogen) atoms. The molecule has 2 saturated heterocycles. The van der Waals surface area contributed by atoms with Gasteiger partial charge in [0.15, 0.2) is 0 Å². The first-order chi connectivity index (χ1) is 11.2. The molecule has 2 aliphatic heterocycles. The molecule has 2 heterocycles. The van der Waals surface area contributed by atoms with Crippen molar-refractivity contribution in [2.45, 2.75) is 69.4 Å². The molecule has 1 amide bonds. The van der Waals surface area contributed by atoms with E-state index in [1.807, 2.05) is 0 Å². The van der Waals surface area contributed by atoms with E-state index >= 15 is 0 Å². The summed E-state index contributed by atoms with van der Waals surface area (Å²) in [5.74, 6) is 0.0323. The van der Waals surface area contributed by atoms with Crippen LogP contribution >= 0.6 is 24.8 Å². The summed E-state index contributed by atoms with van der Waals surface area (Å²) in [5, 5.41) is 12.4. The third-order valence-electron chi connectivity index (χ3n) is 5.88. The number of carbonyl (C=O) groups is 1. The minimum Gasteiger partial charge on any atom is -0.337 e. The molecule has 0 radical (unpaired) electrons. The summed E-state index contributed by atoms with van der Waals surface area (Å²) in [4.78, 5) is 17.2. The van der Waals surface area contributed by atoms with Crippen LogP contribution in [0.2, 0.25) is 0 Å². The van der Waals surface area contributed by atoms with E-state index in [9.17, 15) is 10.1 Å². The number of nitrogens with one attached hydrogen (secondary N) is 1. The van der Waals surface area contributed by atoms with Gasteiger partial charge in [-0.25, -0.2) is 0 Å². The minimum absolute atomic E-state index is 0. The molecule has 5 nitrogen and oxygen atoms in total. The topological polar surface area (TPSA) is 59.4 Å². The molecule has 1 N–H and O–H groups in total. The summed E-state index contributed by atoms with van der Waals surface area (Å²) in [6.07, 6.45) is 10.2. The molecule has 0 spiro atoms. The fraction of sp³-hybridized carbons (Fsp3) is 0.889. The first-order valence-electron chi connectivity index (χ1n) is 9.39. The smallest absolute Gasteiger partial charge is 0.235 e. The molecular weight excluding hydrogens is 359 g/mol. The Kier molecular flexibility index (Phi) is 9.51. The van der Waals surface area contributed by atoms with Crippen LogP contribution in [0.1, 0.15) is 57.8 Å². The van der Waals surface area contributed by atoms with Gasteiger partial charge >= 0.3 is 0 Å². The highest BCUT2D eigenvalue weighted by Gasteiger charge is 2.36. The predicted octanol–water partition coefficient (Wildman–Crippen LogP) is 2.73. The number of halogens is 2. The molecular formula is C18H32Cl2N4O. The highest BCUT2D eigenvalue weighted by Crippen LogP contribution is 2.29. The van der Waals surface area contributed by atoms with E-state index in [-0.39, 0.29) is 30.7 Å². The van der Waals surface area contributed by atoms with Gasteiger partial charge in [0.05, 0.1) is 12.6 Å². The zero-order valence-corrected chi connectivity index (χ0v) is 16.7. The monoisotopic (exact) mass is 390 g/mol. The molecule has 0 aromatic carbocycles. The summed E-state index contributed by atoms with van der Waals surface area (Å²) >= 11 is 0. The third kappa shape index (κ3) is 5.99. The second-order valence-electron chi connectivity index (χ2n) is 7.55. The van der Waals surface area contributed by atoms with Crippen LogP contribution in [-0.2, 0) is 4.79 Å². The van der Waals surface area contributed by atoms with E-state index in [2.05, 4.69) is 21.2 Å². The first-order valence-corrected chi connectivity index (χ1v) is 9.39. The van der Waals surface area contributed by atoms with Crippen molar-refractivity contribution in [1.82, 2.24) is 15.1 Å². The SMILES string of the molecule is Cl.Cl.N#CC1(NC(=O)CN2CCC(N3CCCCC3)CC2)CCCC1. The van der Waals surface area contributed by atoms with Crippen LogP contribution in [0.3, 0.4) is 0 Å². The summed E-state index contributed by atoms with van der Waals surface area (Å²) in [7, 11) is 0. The van der Waals surface area contributed by atoms with Crippen LogP contribution in [0.5, 0.6) is 0 Å². The molecule has 3 aliphatic rings. The van der Waals surface area contributed by atoms with Gasteiger partial charge in [-0.3, -0.25) is 9.69 Å². The van der Waals surface area contributed by atoms with E-state index in [0.29, 0.717) is 6.54 Å². The van der Waals surface area contributed by atoms with Crippen molar-refractivity contribution in [3.05, 3.63) is 0 Å². The largest absolute Gasteiger partial charge is 0.337 e. The van der Waals surface area contributed by atoms with Gasteiger partial charge in [0.1, 0.15) is 5.54 Å². The number of rotatable bonds is 4. The lowest BCUT2D eigenvalue weighted by atomic mass is 9.99. The van der Waals surface area contributed by atoms with Crippen molar-refractivity contribution < 1.29 is 4.79 Å². The van der Waals surface area contributed by atoms with E-state index < -0.39 is 5.54 Å². The lowest BCUT2D eigenvalue weighted by molar-refractivity contribution is -0.124. The fourth-order valence-corrected chi connectivity index (χ4v) is 4.48. The molecule has 144 valence electrons. The Balaban J connectivity index is 0.00000156. The zero-order valence-electron chi connectivity index (χ0n) is 15.0. The van der Waals surface area contributed by atoms with Crippen LogP contribution in [-0.4, -0.2) is 60.0 Å². The number of likely N-dealkylation sites (tertiary alicyclic amines) is 2. The highest BCUT2D eigenvalue weighted by molar-refractivity contribution is 5.85. The van der Waals surface area contributed by atoms with Gasteiger partial charge in [-0.2, -0.15) is 5.26 Å². The lowest BCUT2D eigenvalue weighted by Crippen LogP contribution is -2.52. The maximum atomic E-state index is 12.3.